The van der Waals surface area contributed by atoms with E-state index in [1.54, 1.807) is 21.7 Å². The topological polar surface area (TPSA) is 67.2 Å². The average molecular weight is 433 g/mol. The van der Waals surface area contributed by atoms with Crippen molar-refractivity contribution in [3.8, 4) is 5.69 Å². The molecule has 1 N–H and O–H groups in total. The fraction of sp³-hybridized carbons (Fsp3) is 0.522. The summed E-state index contributed by atoms with van der Waals surface area (Å²) in [6.45, 7) is 14.0. The molecule has 164 valence electrons. The molecule has 1 aromatic heterocycles. The summed E-state index contributed by atoms with van der Waals surface area (Å²) in [6.07, 6.45) is 0.419. The highest BCUT2D eigenvalue weighted by Crippen LogP contribution is 2.27. The number of benzene rings is 1. The van der Waals surface area contributed by atoms with Gasteiger partial charge in [0.2, 0.25) is 11.8 Å². The molecule has 0 aliphatic carbocycles. The van der Waals surface area contributed by atoms with E-state index in [1.807, 2.05) is 45.9 Å². The average Bonchev–Trinajstić information content (AvgIpc) is 3.03. The van der Waals surface area contributed by atoms with E-state index in [1.165, 1.54) is 0 Å². The van der Waals surface area contributed by atoms with Crippen molar-refractivity contribution in [1.82, 2.24) is 14.7 Å². The highest BCUT2D eigenvalue weighted by Gasteiger charge is 2.24. The standard InChI is InChI=1S/C23H33ClN4O2/c1-15(2)12-22(30)27(16(3)4)14-21(29)25-20-13-19(23(5,6)7)26-28(20)18-10-8-17(24)9-11-18/h8-11,13,15-16H,12,14H2,1-7H3,(H,25,29). The van der Waals surface area contributed by atoms with Crippen molar-refractivity contribution in [2.75, 3.05) is 11.9 Å². The first kappa shape index (κ1) is 23.9. The molecular formula is C23H33ClN4O2. The van der Waals surface area contributed by atoms with Crippen LogP contribution in [0.3, 0.4) is 0 Å². The summed E-state index contributed by atoms with van der Waals surface area (Å²) in [6, 6.07) is 9.09. The zero-order valence-electron chi connectivity index (χ0n) is 19.0. The van der Waals surface area contributed by atoms with Crippen LogP contribution in [-0.2, 0) is 15.0 Å². The van der Waals surface area contributed by atoms with Crippen molar-refractivity contribution in [2.24, 2.45) is 5.92 Å². The molecule has 2 aromatic rings. The van der Waals surface area contributed by atoms with E-state index in [0.717, 1.165) is 11.4 Å². The third kappa shape index (κ3) is 6.33. The summed E-state index contributed by atoms with van der Waals surface area (Å²) in [4.78, 5) is 27.0. The largest absolute Gasteiger partial charge is 0.331 e. The molecule has 0 spiro atoms. The lowest BCUT2D eigenvalue weighted by Crippen LogP contribution is -2.42. The Kier molecular flexibility index (Phi) is 7.70. The number of rotatable bonds is 7. The number of carbonyl (C=O) groups is 2. The van der Waals surface area contributed by atoms with E-state index in [4.69, 9.17) is 16.7 Å². The minimum atomic E-state index is -0.253. The van der Waals surface area contributed by atoms with E-state index >= 15 is 0 Å². The SMILES string of the molecule is CC(C)CC(=O)N(CC(=O)Nc1cc(C(C)(C)C)nn1-c1ccc(Cl)cc1)C(C)C. The minimum Gasteiger partial charge on any atom is -0.331 e. The normalized spacial score (nSPS) is 11.8. The minimum absolute atomic E-state index is 0.000130. The number of nitrogens with zero attached hydrogens (tertiary/aromatic N) is 3. The highest BCUT2D eigenvalue weighted by atomic mass is 35.5. The second-order valence-electron chi connectivity index (χ2n) is 9.31. The number of anilines is 1. The van der Waals surface area contributed by atoms with Gasteiger partial charge >= 0.3 is 0 Å². The Balaban J connectivity index is 2.29. The Hall–Kier alpha value is -2.34. The number of halogens is 1. The van der Waals surface area contributed by atoms with Gasteiger partial charge in [-0.3, -0.25) is 9.59 Å². The molecular weight excluding hydrogens is 400 g/mol. The summed E-state index contributed by atoms with van der Waals surface area (Å²) >= 11 is 6.02. The van der Waals surface area contributed by atoms with Crippen LogP contribution in [0.2, 0.25) is 5.02 Å². The van der Waals surface area contributed by atoms with Gasteiger partial charge in [0, 0.05) is 29.0 Å². The van der Waals surface area contributed by atoms with Crippen molar-refractivity contribution in [3.63, 3.8) is 0 Å². The number of aromatic nitrogens is 2. The fourth-order valence-electron chi connectivity index (χ4n) is 2.98. The van der Waals surface area contributed by atoms with Gasteiger partial charge in [-0.1, -0.05) is 46.2 Å². The van der Waals surface area contributed by atoms with Crippen LogP contribution in [-0.4, -0.2) is 39.1 Å². The van der Waals surface area contributed by atoms with Crippen molar-refractivity contribution in [1.29, 1.82) is 0 Å². The summed E-state index contributed by atoms with van der Waals surface area (Å²) in [7, 11) is 0. The van der Waals surface area contributed by atoms with Gasteiger partial charge in [0.25, 0.3) is 0 Å². The van der Waals surface area contributed by atoms with Gasteiger partial charge in [-0.05, 0) is 44.0 Å². The van der Waals surface area contributed by atoms with Crippen LogP contribution < -0.4 is 5.32 Å². The van der Waals surface area contributed by atoms with Crippen molar-refractivity contribution < 1.29 is 9.59 Å². The molecule has 0 unspecified atom stereocenters. The summed E-state index contributed by atoms with van der Waals surface area (Å²) in [5, 5.41) is 8.27. The molecule has 7 heteroatoms. The third-order valence-electron chi connectivity index (χ3n) is 4.66. The molecule has 0 radical (unpaired) electrons. The van der Waals surface area contributed by atoms with Gasteiger partial charge in [-0.15, -0.1) is 0 Å². The second kappa shape index (κ2) is 9.65. The van der Waals surface area contributed by atoms with Gasteiger partial charge in [0.05, 0.1) is 11.4 Å². The monoisotopic (exact) mass is 432 g/mol. The molecule has 6 nitrogen and oxygen atoms in total. The predicted molar refractivity (Wildman–Crippen MR) is 122 cm³/mol. The first-order valence-corrected chi connectivity index (χ1v) is 10.7. The van der Waals surface area contributed by atoms with Gasteiger partial charge in [0.1, 0.15) is 12.4 Å². The Morgan fingerprint density at radius 3 is 2.23 bits per heavy atom. The van der Waals surface area contributed by atoms with Crippen LogP contribution in [0.1, 0.15) is 60.6 Å². The van der Waals surface area contributed by atoms with E-state index in [2.05, 4.69) is 26.1 Å². The van der Waals surface area contributed by atoms with Crippen molar-refractivity contribution >= 4 is 29.2 Å². The van der Waals surface area contributed by atoms with E-state index in [9.17, 15) is 9.59 Å². The maximum atomic E-state index is 12.8. The predicted octanol–water partition coefficient (Wildman–Crippen LogP) is 5.04. The zero-order chi connectivity index (χ0) is 22.6. The quantitative estimate of drug-likeness (QED) is 0.666. The molecule has 2 amide bonds. The zero-order valence-corrected chi connectivity index (χ0v) is 19.7. The number of hydrogen-bond donors (Lipinski definition) is 1. The summed E-state index contributed by atoms with van der Waals surface area (Å²) in [5.74, 6) is 0.530. The fourth-order valence-corrected chi connectivity index (χ4v) is 3.10. The lowest BCUT2D eigenvalue weighted by molar-refractivity contribution is -0.137. The third-order valence-corrected chi connectivity index (χ3v) is 4.91. The molecule has 0 saturated carbocycles. The molecule has 1 aromatic carbocycles. The molecule has 0 saturated heterocycles. The summed E-state index contributed by atoms with van der Waals surface area (Å²) < 4.78 is 1.70. The Bertz CT molecular complexity index is 880. The maximum Gasteiger partial charge on any atom is 0.245 e. The lowest BCUT2D eigenvalue weighted by atomic mass is 9.92. The van der Waals surface area contributed by atoms with E-state index in [0.29, 0.717) is 17.3 Å². The van der Waals surface area contributed by atoms with Crippen LogP contribution in [0, 0.1) is 5.92 Å². The molecule has 2 rings (SSSR count). The lowest BCUT2D eigenvalue weighted by Gasteiger charge is -2.27. The van der Waals surface area contributed by atoms with Crippen molar-refractivity contribution in [2.45, 2.75) is 66.3 Å². The van der Waals surface area contributed by atoms with Crippen LogP contribution >= 0.6 is 11.6 Å². The van der Waals surface area contributed by atoms with Crippen molar-refractivity contribution in [3.05, 3.63) is 41.0 Å². The molecule has 30 heavy (non-hydrogen) atoms. The van der Waals surface area contributed by atoms with Gasteiger partial charge in [-0.2, -0.15) is 5.10 Å². The van der Waals surface area contributed by atoms with Crippen LogP contribution in [0.4, 0.5) is 5.82 Å². The molecule has 0 aliphatic rings. The van der Waals surface area contributed by atoms with Gasteiger partial charge in [-0.25, -0.2) is 4.68 Å². The highest BCUT2D eigenvalue weighted by molar-refractivity contribution is 6.30. The second-order valence-corrected chi connectivity index (χ2v) is 9.75. The first-order chi connectivity index (χ1) is 13.9. The number of hydrogen-bond acceptors (Lipinski definition) is 3. The molecule has 0 bridgehead atoms. The number of carbonyl (C=O) groups excluding carboxylic acids is 2. The van der Waals surface area contributed by atoms with E-state index < -0.39 is 0 Å². The summed E-state index contributed by atoms with van der Waals surface area (Å²) in [5.41, 5.74) is 1.46. The molecule has 1 heterocycles. The smallest absolute Gasteiger partial charge is 0.245 e. The van der Waals surface area contributed by atoms with Crippen LogP contribution in [0.15, 0.2) is 30.3 Å². The van der Waals surface area contributed by atoms with Crippen LogP contribution in [0.5, 0.6) is 0 Å². The van der Waals surface area contributed by atoms with Crippen LogP contribution in [0.25, 0.3) is 5.69 Å². The Morgan fingerprint density at radius 1 is 1.13 bits per heavy atom. The molecule has 0 aliphatic heterocycles. The molecule has 0 atom stereocenters. The maximum absolute atomic E-state index is 12.8. The van der Waals surface area contributed by atoms with E-state index in [-0.39, 0.29) is 35.7 Å². The molecule has 0 fully saturated rings. The number of amides is 2. The first-order valence-electron chi connectivity index (χ1n) is 10.3. The Labute approximate surface area is 184 Å². The van der Waals surface area contributed by atoms with Gasteiger partial charge < -0.3 is 10.2 Å². The Morgan fingerprint density at radius 2 is 1.73 bits per heavy atom. The number of nitrogens with one attached hydrogen (secondary N) is 1. The van der Waals surface area contributed by atoms with Gasteiger partial charge in [0.15, 0.2) is 0 Å².